The van der Waals surface area contributed by atoms with Crippen molar-refractivity contribution in [1.82, 2.24) is 4.98 Å². The second kappa shape index (κ2) is 10.3. The van der Waals surface area contributed by atoms with E-state index >= 15 is 0 Å². The summed E-state index contributed by atoms with van der Waals surface area (Å²) in [4.78, 5) is 27.7. The van der Waals surface area contributed by atoms with Crippen molar-refractivity contribution in [2.24, 2.45) is 5.92 Å². The number of carboxylic acid groups (broad SMARTS) is 1. The molecule has 0 radical (unpaired) electrons. The minimum absolute atomic E-state index is 0.0735. The van der Waals surface area contributed by atoms with E-state index in [1.165, 1.54) is 18.2 Å². The summed E-state index contributed by atoms with van der Waals surface area (Å²) in [5.74, 6) is 3.47. The lowest BCUT2D eigenvalue weighted by Gasteiger charge is -2.39. The molecule has 3 unspecified atom stereocenters. The Labute approximate surface area is 213 Å². The molecular formula is C27H25FNO7P. The summed E-state index contributed by atoms with van der Waals surface area (Å²) in [6.07, 6.45) is -0.471. The number of aliphatic carboxylic acids is 1. The van der Waals surface area contributed by atoms with Gasteiger partial charge in [-0.2, -0.15) is 0 Å². The van der Waals surface area contributed by atoms with E-state index in [4.69, 9.17) is 9.47 Å². The lowest BCUT2D eigenvalue weighted by molar-refractivity contribution is -0.146. The van der Waals surface area contributed by atoms with E-state index in [9.17, 15) is 28.9 Å². The van der Waals surface area contributed by atoms with Crippen molar-refractivity contribution in [3.8, 4) is 34.6 Å². The highest BCUT2D eigenvalue weighted by molar-refractivity contribution is 7.42. The third kappa shape index (κ3) is 4.96. The summed E-state index contributed by atoms with van der Waals surface area (Å²) in [5.41, 5.74) is -1.50. The number of aromatic nitrogens is 1. The molecule has 37 heavy (non-hydrogen) atoms. The van der Waals surface area contributed by atoms with E-state index in [-0.39, 0.29) is 18.4 Å². The van der Waals surface area contributed by atoms with Gasteiger partial charge in [0.1, 0.15) is 11.4 Å². The highest BCUT2D eigenvalue weighted by Crippen LogP contribution is 2.51. The first-order valence-electron chi connectivity index (χ1n) is 11.4. The smallest absolute Gasteiger partial charge is 0.335 e. The fraction of sp³-hybridized carbons (Fsp3) is 0.259. The molecule has 0 amide bonds. The zero-order valence-electron chi connectivity index (χ0n) is 20.1. The maximum Gasteiger partial charge on any atom is 0.335 e. The Morgan fingerprint density at radius 2 is 1.84 bits per heavy atom. The molecule has 0 fully saturated rings. The lowest BCUT2D eigenvalue weighted by atomic mass is 9.78. The maximum absolute atomic E-state index is 13.6. The molecule has 0 aliphatic carbocycles. The monoisotopic (exact) mass is 525 g/mol. The molecule has 3 atom stereocenters. The number of benzene rings is 2. The molecule has 0 saturated carbocycles. The van der Waals surface area contributed by atoms with Gasteiger partial charge in [0.25, 0.3) is 0 Å². The van der Waals surface area contributed by atoms with Gasteiger partial charge in [0.15, 0.2) is 11.5 Å². The van der Waals surface area contributed by atoms with Crippen LogP contribution in [0.4, 0.5) is 4.39 Å². The number of pyridine rings is 1. The van der Waals surface area contributed by atoms with Gasteiger partial charge in [-0.1, -0.05) is 43.9 Å². The van der Waals surface area contributed by atoms with Crippen LogP contribution in [0.3, 0.4) is 0 Å². The Morgan fingerprint density at radius 1 is 1.14 bits per heavy atom. The van der Waals surface area contributed by atoms with Gasteiger partial charge in [0.2, 0.25) is 20.0 Å². The van der Waals surface area contributed by atoms with Gasteiger partial charge in [0.05, 0.1) is 11.4 Å². The summed E-state index contributed by atoms with van der Waals surface area (Å²) in [6.45, 7) is 3.45. The van der Waals surface area contributed by atoms with Crippen molar-refractivity contribution in [3.63, 3.8) is 0 Å². The third-order valence-corrected chi connectivity index (χ3v) is 7.42. The molecule has 3 N–H and O–H groups in total. The number of hydrogen-bond donors (Lipinski definition) is 3. The summed E-state index contributed by atoms with van der Waals surface area (Å²) in [7, 11) is -4.07. The standard InChI is InChI=1S/C27H25FNO7P/c1-17(2)12-13-27(25(30)31,37(33)34)26(32,15-18-6-9-20(28)10-7-18)24-5-3-4-21(29-24)19-8-11-22-23(14-19)36-16-35-22/h3-11,14,17,32,37H,15-16H2,1-2H3,(H,30,31)(H,33,34). The minimum atomic E-state index is -4.07. The number of fused-ring (bicyclic) bond motifs is 1. The van der Waals surface area contributed by atoms with Crippen LogP contribution >= 0.6 is 8.03 Å². The number of aliphatic hydroxyl groups is 1. The fourth-order valence-corrected chi connectivity index (χ4v) is 5.04. The zero-order valence-corrected chi connectivity index (χ0v) is 21.1. The van der Waals surface area contributed by atoms with E-state index in [0.717, 1.165) is 12.1 Å². The van der Waals surface area contributed by atoms with E-state index in [2.05, 4.69) is 16.8 Å². The first-order chi connectivity index (χ1) is 17.6. The van der Waals surface area contributed by atoms with Gasteiger partial charge in [-0.05, 0) is 48.0 Å². The van der Waals surface area contributed by atoms with E-state index in [1.807, 2.05) is 0 Å². The second-order valence-electron chi connectivity index (χ2n) is 8.92. The predicted molar refractivity (Wildman–Crippen MR) is 134 cm³/mol. The van der Waals surface area contributed by atoms with Crippen LogP contribution in [-0.4, -0.2) is 38.0 Å². The molecule has 1 aliphatic heterocycles. The highest BCUT2D eigenvalue weighted by Gasteiger charge is 2.61. The van der Waals surface area contributed by atoms with Crippen LogP contribution in [0, 0.1) is 23.6 Å². The molecule has 192 valence electrons. The molecule has 0 spiro atoms. The molecule has 2 aromatic carbocycles. The van der Waals surface area contributed by atoms with Gasteiger partial charge in [-0.3, -0.25) is 4.57 Å². The van der Waals surface area contributed by atoms with Crippen LogP contribution in [0.2, 0.25) is 0 Å². The Balaban J connectivity index is 1.94. The highest BCUT2D eigenvalue weighted by atomic mass is 31.1. The summed E-state index contributed by atoms with van der Waals surface area (Å²) >= 11 is 0. The first kappa shape index (κ1) is 26.4. The average Bonchev–Trinajstić information content (AvgIpc) is 3.33. The fourth-order valence-electron chi connectivity index (χ4n) is 4.10. The number of carboxylic acids is 1. The second-order valence-corrected chi connectivity index (χ2v) is 10.3. The Kier molecular flexibility index (Phi) is 7.37. The van der Waals surface area contributed by atoms with Crippen LogP contribution in [-0.2, 0) is 21.4 Å². The third-order valence-electron chi connectivity index (χ3n) is 6.02. The quantitative estimate of drug-likeness (QED) is 0.312. The largest absolute Gasteiger partial charge is 0.480 e. The van der Waals surface area contributed by atoms with Gasteiger partial charge in [-0.25, -0.2) is 14.2 Å². The van der Waals surface area contributed by atoms with Crippen molar-refractivity contribution in [2.45, 2.75) is 31.0 Å². The molecule has 0 saturated heterocycles. The number of carbonyl (C=O) groups is 1. The predicted octanol–water partition coefficient (Wildman–Crippen LogP) is 4.00. The molecule has 2 heterocycles. The van der Waals surface area contributed by atoms with Gasteiger partial charge in [-0.15, -0.1) is 0 Å². The van der Waals surface area contributed by atoms with Crippen LogP contribution in [0.5, 0.6) is 11.5 Å². The minimum Gasteiger partial charge on any atom is -0.480 e. The molecule has 0 bridgehead atoms. The molecule has 4 rings (SSSR count). The van der Waals surface area contributed by atoms with Crippen LogP contribution in [0.1, 0.15) is 25.1 Å². The van der Waals surface area contributed by atoms with Crippen molar-refractivity contribution < 1.29 is 38.3 Å². The maximum atomic E-state index is 13.6. The topological polar surface area (TPSA) is 126 Å². The number of rotatable bonds is 7. The van der Waals surface area contributed by atoms with Crippen molar-refractivity contribution >= 4 is 14.0 Å². The molecule has 3 aromatic rings. The summed E-state index contributed by atoms with van der Waals surface area (Å²) in [6, 6.07) is 14.7. The average molecular weight is 525 g/mol. The van der Waals surface area contributed by atoms with Crippen molar-refractivity contribution in [1.29, 1.82) is 0 Å². The van der Waals surface area contributed by atoms with E-state index < -0.39 is 37.0 Å². The number of ether oxygens (including phenoxy) is 2. The molecule has 8 nitrogen and oxygen atoms in total. The van der Waals surface area contributed by atoms with Crippen molar-refractivity contribution in [3.05, 3.63) is 77.7 Å². The molecule has 1 aliphatic rings. The molecule has 1 aromatic heterocycles. The molecular weight excluding hydrogens is 500 g/mol. The molecule has 10 heteroatoms. The summed E-state index contributed by atoms with van der Waals surface area (Å²) < 4.78 is 37.2. The van der Waals surface area contributed by atoms with Crippen molar-refractivity contribution in [2.75, 3.05) is 6.79 Å². The number of halogens is 1. The zero-order chi connectivity index (χ0) is 26.8. The first-order valence-corrected chi connectivity index (χ1v) is 12.8. The Hall–Kier alpha value is -3.70. The lowest BCUT2D eigenvalue weighted by Crippen LogP contribution is -2.55. The van der Waals surface area contributed by atoms with Gasteiger partial charge >= 0.3 is 5.97 Å². The Morgan fingerprint density at radius 3 is 2.49 bits per heavy atom. The normalized spacial score (nSPS) is 16.3. The summed E-state index contributed by atoms with van der Waals surface area (Å²) in [5, 5.41) is 19.7. The number of nitrogens with zero attached hydrogens (tertiary/aromatic N) is 1. The van der Waals surface area contributed by atoms with E-state index in [0.29, 0.717) is 28.3 Å². The van der Waals surface area contributed by atoms with Gasteiger partial charge < -0.3 is 24.6 Å². The van der Waals surface area contributed by atoms with Gasteiger partial charge in [0, 0.05) is 17.9 Å². The van der Waals surface area contributed by atoms with Crippen LogP contribution in [0.15, 0.2) is 60.7 Å². The SMILES string of the molecule is CC(C)C#CC(C(=O)O)([PH](=O)O)C(O)(Cc1ccc(F)cc1)c1cccc(-c2ccc3c(c2)OCO3)n1. The number of hydrogen-bond acceptors (Lipinski definition) is 6. The van der Waals surface area contributed by atoms with E-state index in [1.54, 1.807) is 44.2 Å². The Bertz CT molecular complexity index is 1400. The van der Waals surface area contributed by atoms with Crippen LogP contribution < -0.4 is 9.47 Å². The van der Waals surface area contributed by atoms with Crippen LogP contribution in [0.25, 0.3) is 11.3 Å².